The van der Waals surface area contributed by atoms with E-state index in [9.17, 15) is 9.90 Å². The first-order valence-corrected chi connectivity index (χ1v) is 8.04. The number of hydrogen-bond acceptors (Lipinski definition) is 6. The number of aliphatic hydroxyl groups is 1. The van der Waals surface area contributed by atoms with Crippen molar-refractivity contribution < 1.29 is 23.9 Å². The van der Waals surface area contributed by atoms with Crippen LogP contribution in [0.1, 0.15) is 35.1 Å². The Morgan fingerprint density at radius 3 is 2.68 bits per heavy atom. The zero-order chi connectivity index (χ0) is 18.4. The molecule has 2 N–H and O–H groups in total. The summed E-state index contributed by atoms with van der Waals surface area (Å²) >= 11 is 0. The fraction of sp³-hybridized carbons (Fsp3) is 0.444. The Labute approximate surface area is 146 Å². The summed E-state index contributed by atoms with van der Waals surface area (Å²) < 4.78 is 15.5. The molecule has 1 aromatic heterocycles. The number of nitrogens with zero attached hydrogens (tertiary/aromatic N) is 1. The van der Waals surface area contributed by atoms with Gasteiger partial charge >= 0.3 is 0 Å². The van der Waals surface area contributed by atoms with Gasteiger partial charge in [-0.15, -0.1) is 0 Å². The van der Waals surface area contributed by atoms with Crippen LogP contribution >= 0.6 is 0 Å². The standard InChI is InChI=1S/C18H24N2O5/c1-11-14(12(2)25-20-11)6-8-18(22)19-10-16(21)15-9-13(23-3)5-7-17(15)24-4/h5,7,9,16,21H,6,8,10H2,1-4H3,(H,19,22)/t16-/m1/s1. The summed E-state index contributed by atoms with van der Waals surface area (Å²) in [5.74, 6) is 1.73. The minimum absolute atomic E-state index is 0.0873. The van der Waals surface area contributed by atoms with Gasteiger partial charge in [0.2, 0.25) is 5.91 Å². The number of rotatable bonds is 8. The van der Waals surface area contributed by atoms with E-state index in [1.807, 2.05) is 13.8 Å². The van der Waals surface area contributed by atoms with Crippen LogP contribution in [0.2, 0.25) is 0 Å². The van der Waals surface area contributed by atoms with Crippen LogP contribution < -0.4 is 14.8 Å². The van der Waals surface area contributed by atoms with Gasteiger partial charge in [-0.1, -0.05) is 5.16 Å². The van der Waals surface area contributed by atoms with E-state index in [1.54, 1.807) is 25.3 Å². The van der Waals surface area contributed by atoms with E-state index < -0.39 is 6.10 Å². The molecule has 1 heterocycles. The summed E-state index contributed by atoms with van der Waals surface area (Å²) in [4.78, 5) is 12.0. The van der Waals surface area contributed by atoms with Gasteiger partial charge in [0.05, 0.1) is 26.0 Å². The van der Waals surface area contributed by atoms with Crippen molar-refractivity contribution >= 4 is 5.91 Å². The highest BCUT2D eigenvalue weighted by atomic mass is 16.5. The minimum atomic E-state index is -0.895. The molecular weight excluding hydrogens is 324 g/mol. The van der Waals surface area contributed by atoms with Crippen LogP contribution in [0.3, 0.4) is 0 Å². The van der Waals surface area contributed by atoms with Crippen molar-refractivity contribution in [1.82, 2.24) is 10.5 Å². The van der Waals surface area contributed by atoms with Crippen LogP contribution in [0.5, 0.6) is 11.5 Å². The molecule has 7 nitrogen and oxygen atoms in total. The van der Waals surface area contributed by atoms with E-state index >= 15 is 0 Å². The molecule has 7 heteroatoms. The molecule has 0 spiro atoms. The van der Waals surface area contributed by atoms with Crippen molar-refractivity contribution in [3.63, 3.8) is 0 Å². The van der Waals surface area contributed by atoms with Crippen molar-refractivity contribution in [2.24, 2.45) is 0 Å². The first-order valence-electron chi connectivity index (χ1n) is 8.04. The lowest BCUT2D eigenvalue weighted by atomic mass is 10.1. The van der Waals surface area contributed by atoms with Crippen LogP contribution in [-0.2, 0) is 11.2 Å². The predicted octanol–water partition coefficient (Wildman–Crippen LogP) is 2.09. The van der Waals surface area contributed by atoms with Gasteiger partial charge in [-0.05, 0) is 38.5 Å². The summed E-state index contributed by atoms with van der Waals surface area (Å²) in [6.45, 7) is 3.76. The van der Waals surface area contributed by atoms with Gasteiger partial charge in [0.15, 0.2) is 0 Å². The maximum absolute atomic E-state index is 12.0. The number of aromatic nitrogens is 1. The van der Waals surface area contributed by atoms with Crippen molar-refractivity contribution in [2.45, 2.75) is 32.8 Å². The van der Waals surface area contributed by atoms with Gasteiger partial charge in [-0.3, -0.25) is 4.79 Å². The van der Waals surface area contributed by atoms with E-state index in [1.165, 1.54) is 7.11 Å². The van der Waals surface area contributed by atoms with Crippen LogP contribution in [-0.4, -0.2) is 36.9 Å². The normalized spacial score (nSPS) is 11.9. The van der Waals surface area contributed by atoms with Crippen molar-refractivity contribution in [2.75, 3.05) is 20.8 Å². The molecule has 1 amide bonds. The number of aryl methyl sites for hydroxylation is 2. The van der Waals surface area contributed by atoms with E-state index in [0.29, 0.717) is 29.9 Å². The molecule has 1 aromatic carbocycles. The van der Waals surface area contributed by atoms with Crippen molar-refractivity contribution in [3.05, 3.63) is 40.8 Å². The van der Waals surface area contributed by atoms with E-state index in [0.717, 1.165) is 17.0 Å². The number of nitrogens with one attached hydrogen (secondary N) is 1. The largest absolute Gasteiger partial charge is 0.497 e. The maximum Gasteiger partial charge on any atom is 0.220 e. The number of carbonyl (C=O) groups is 1. The van der Waals surface area contributed by atoms with Gasteiger partial charge in [0.1, 0.15) is 17.3 Å². The summed E-state index contributed by atoms with van der Waals surface area (Å²) in [6.07, 6.45) is -0.0516. The van der Waals surface area contributed by atoms with Crippen LogP contribution in [0, 0.1) is 13.8 Å². The molecule has 136 valence electrons. The average Bonchev–Trinajstić information content (AvgIpc) is 2.95. The van der Waals surface area contributed by atoms with Gasteiger partial charge in [-0.2, -0.15) is 0 Å². The molecule has 0 saturated heterocycles. The number of hydrogen-bond donors (Lipinski definition) is 2. The highest BCUT2D eigenvalue weighted by Crippen LogP contribution is 2.29. The van der Waals surface area contributed by atoms with Gasteiger partial charge < -0.3 is 24.4 Å². The molecule has 25 heavy (non-hydrogen) atoms. The van der Waals surface area contributed by atoms with E-state index in [4.69, 9.17) is 14.0 Å². The minimum Gasteiger partial charge on any atom is -0.497 e. The number of methoxy groups -OCH3 is 2. The van der Waals surface area contributed by atoms with Crippen LogP contribution in [0.25, 0.3) is 0 Å². The van der Waals surface area contributed by atoms with E-state index in [2.05, 4.69) is 10.5 Å². The quantitative estimate of drug-likeness (QED) is 0.759. The van der Waals surface area contributed by atoms with Crippen LogP contribution in [0.4, 0.5) is 0 Å². The third-order valence-corrected chi connectivity index (χ3v) is 4.07. The number of ether oxygens (including phenoxy) is 2. The zero-order valence-corrected chi connectivity index (χ0v) is 15.0. The molecule has 2 aromatic rings. The third-order valence-electron chi connectivity index (χ3n) is 4.07. The fourth-order valence-electron chi connectivity index (χ4n) is 2.61. The second-order valence-corrected chi connectivity index (χ2v) is 5.73. The number of amides is 1. The van der Waals surface area contributed by atoms with Gasteiger partial charge in [-0.25, -0.2) is 0 Å². The highest BCUT2D eigenvalue weighted by molar-refractivity contribution is 5.76. The molecule has 0 radical (unpaired) electrons. The molecule has 0 bridgehead atoms. The van der Waals surface area contributed by atoms with Crippen LogP contribution in [0.15, 0.2) is 22.7 Å². The number of aliphatic hydroxyl groups excluding tert-OH is 1. The Morgan fingerprint density at radius 2 is 2.08 bits per heavy atom. The third kappa shape index (κ3) is 4.73. The van der Waals surface area contributed by atoms with Gasteiger partial charge in [0.25, 0.3) is 0 Å². The second-order valence-electron chi connectivity index (χ2n) is 5.73. The molecule has 0 unspecified atom stereocenters. The molecule has 0 aliphatic rings. The molecule has 1 atom stereocenters. The molecule has 0 aliphatic heterocycles. The topological polar surface area (TPSA) is 93.8 Å². The van der Waals surface area contributed by atoms with E-state index in [-0.39, 0.29) is 12.5 Å². The first-order chi connectivity index (χ1) is 12.0. The summed E-state index contributed by atoms with van der Waals surface area (Å²) in [5.41, 5.74) is 2.31. The number of benzene rings is 1. The Morgan fingerprint density at radius 1 is 1.32 bits per heavy atom. The lowest BCUT2D eigenvalue weighted by Gasteiger charge is -2.16. The Kier molecular flexibility index (Phi) is 6.41. The molecule has 0 fully saturated rings. The first kappa shape index (κ1) is 18.8. The lowest BCUT2D eigenvalue weighted by Crippen LogP contribution is -2.28. The Hall–Kier alpha value is -2.54. The maximum atomic E-state index is 12.0. The fourth-order valence-corrected chi connectivity index (χ4v) is 2.61. The SMILES string of the molecule is COc1ccc(OC)c([C@H](O)CNC(=O)CCc2c(C)noc2C)c1. The molecular formula is C18H24N2O5. The summed E-state index contributed by atoms with van der Waals surface area (Å²) in [6, 6.07) is 5.16. The summed E-state index contributed by atoms with van der Waals surface area (Å²) in [5, 5.41) is 17.0. The molecule has 2 rings (SSSR count). The van der Waals surface area contributed by atoms with Crippen molar-refractivity contribution in [3.8, 4) is 11.5 Å². The average molecular weight is 348 g/mol. The Balaban J connectivity index is 1.91. The smallest absolute Gasteiger partial charge is 0.220 e. The molecule has 0 aliphatic carbocycles. The lowest BCUT2D eigenvalue weighted by molar-refractivity contribution is -0.121. The van der Waals surface area contributed by atoms with Crippen molar-refractivity contribution in [1.29, 1.82) is 0 Å². The zero-order valence-electron chi connectivity index (χ0n) is 15.0. The Bertz CT molecular complexity index is 707. The molecule has 0 saturated carbocycles. The predicted molar refractivity (Wildman–Crippen MR) is 91.8 cm³/mol. The monoisotopic (exact) mass is 348 g/mol. The second kappa shape index (κ2) is 8.53. The highest BCUT2D eigenvalue weighted by Gasteiger charge is 2.16. The van der Waals surface area contributed by atoms with Gasteiger partial charge in [0, 0.05) is 24.1 Å². The number of carbonyl (C=O) groups excluding carboxylic acids is 1. The summed E-state index contributed by atoms with van der Waals surface area (Å²) in [7, 11) is 3.08.